The van der Waals surface area contributed by atoms with Gasteiger partial charge in [0.25, 0.3) is 5.91 Å². The van der Waals surface area contributed by atoms with E-state index in [1.807, 2.05) is 0 Å². The zero-order valence-corrected chi connectivity index (χ0v) is 8.32. The molecule has 3 N–H and O–H groups in total. The first-order valence-electron chi connectivity index (χ1n) is 4.30. The zero-order chi connectivity index (χ0) is 10.7. The van der Waals surface area contributed by atoms with Gasteiger partial charge in [-0.3, -0.25) is 4.79 Å². The van der Waals surface area contributed by atoms with Crippen molar-refractivity contribution in [2.24, 2.45) is 5.73 Å². The van der Waals surface area contributed by atoms with Gasteiger partial charge in [0.05, 0.1) is 5.56 Å². The first-order chi connectivity index (χ1) is 6.56. The van der Waals surface area contributed by atoms with Crippen LogP contribution < -0.4 is 5.73 Å². The Morgan fingerprint density at radius 1 is 1.50 bits per heavy atom. The second-order valence-electron chi connectivity index (χ2n) is 3.26. The van der Waals surface area contributed by atoms with E-state index < -0.39 is 0 Å². The van der Waals surface area contributed by atoms with Gasteiger partial charge < -0.3 is 15.7 Å². The zero-order valence-electron chi connectivity index (χ0n) is 8.32. The maximum absolute atomic E-state index is 11.5. The van der Waals surface area contributed by atoms with E-state index in [2.05, 4.69) is 0 Å². The lowest BCUT2D eigenvalue weighted by Gasteiger charge is -2.11. The molecule has 0 heterocycles. The molecular formula is C10H14N2O2. The van der Waals surface area contributed by atoms with Crippen molar-refractivity contribution < 1.29 is 9.90 Å². The van der Waals surface area contributed by atoms with Crippen LogP contribution in [-0.4, -0.2) is 30.0 Å². The highest BCUT2D eigenvalue weighted by Gasteiger charge is 2.12. The molecule has 0 fully saturated rings. The summed E-state index contributed by atoms with van der Waals surface area (Å²) in [4.78, 5) is 12.9. The van der Waals surface area contributed by atoms with Crippen molar-refractivity contribution in [2.45, 2.75) is 6.54 Å². The molecule has 1 amide bonds. The second-order valence-corrected chi connectivity index (χ2v) is 3.26. The van der Waals surface area contributed by atoms with E-state index in [0.717, 1.165) is 5.56 Å². The lowest BCUT2D eigenvalue weighted by Crippen LogP contribution is -2.21. The third-order valence-corrected chi connectivity index (χ3v) is 1.93. The van der Waals surface area contributed by atoms with E-state index in [1.54, 1.807) is 26.2 Å². The molecule has 0 aliphatic rings. The molecule has 1 rings (SSSR count). The third kappa shape index (κ3) is 2.03. The van der Waals surface area contributed by atoms with Gasteiger partial charge in [-0.15, -0.1) is 0 Å². The van der Waals surface area contributed by atoms with Gasteiger partial charge in [0.1, 0.15) is 5.75 Å². The number of carbonyl (C=O) groups is 1. The van der Waals surface area contributed by atoms with Gasteiger partial charge >= 0.3 is 0 Å². The van der Waals surface area contributed by atoms with Gasteiger partial charge in [0.15, 0.2) is 0 Å². The fourth-order valence-electron chi connectivity index (χ4n) is 1.13. The summed E-state index contributed by atoms with van der Waals surface area (Å²) in [6.07, 6.45) is 0. The minimum Gasteiger partial charge on any atom is -0.507 e. The van der Waals surface area contributed by atoms with Crippen LogP contribution in [0.15, 0.2) is 18.2 Å². The van der Waals surface area contributed by atoms with Crippen molar-refractivity contribution in [1.29, 1.82) is 0 Å². The predicted molar refractivity (Wildman–Crippen MR) is 54.0 cm³/mol. The maximum atomic E-state index is 11.5. The van der Waals surface area contributed by atoms with E-state index in [1.165, 1.54) is 11.0 Å². The third-order valence-electron chi connectivity index (χ3n) is 1.93. The molecule has 0 saturated carbocycles. The van der Waals surface area contributed by atoms with Crippen molar-refractivity contribution in [3.63, 3.8) is 0 Å². The largest absolute Gasteiger partial charge is 0.507 e. The molecular weight excluding hydrogens is 180 g/mol. The Labute approximate surface area is 82.9 Å². The lowest BCUT2D eigenvalue weighted by molar-refractivity contribution is 0.0824. The highest BCUT2D eigenvalue weighted by atomic mass is 16.3. The van der Waals surface area contributed by atoms with Gasteiger partial charge in [0, 0.05) is 20.6 Å². The molecule has 76 valence electrons. The predicted octanol–water partition coefficient (Wildman–Crippen LogP) is 0.553. The molecule has 0 spiro atoms. The van der Waals surface area contributed by atoms with Crippen LogP contribution in [0.1, 0.15) is 15.9 Å². The normalized spacial score (nSPS) is 9.93. The molecule has 1 aromatic carbocycles. The van der Waals surface area contributed by atoms with Crippen molar-refractivity contribution in [3.8, 4) is 5.75 Å². The van der Waals surface area contributed by atoms with Crippen molar-refractivity contribution in [3.05, 3.63) is 29.3 Å². The van der Waals surface area contributed by atoms with Crippen LogP contribution in [0, 0.1) is 0 Å². The van der Waals surface area contributed by atoms with Crippen LogP contribution in [0.5, 0.6) is 5.75 Å². The average Bonchev–Trinajstić information content (AvgIpc) is 2.16. The molecule has 0 aromatic heterocycles. The van der Waals surface area contributed by atoms with Crippen LogP contribution in [0.4, 0.5) is 0 Å². The number of amides is 1. The summed E-state index contributed by atoms with van der Waals surface area (Å²) in [6.45, 7) is 0.351. The minimum absolute atomic E-state index is 0.0216. The average molecular weight is 194 g/mol. The first-order valence-corrected chi connectivity index (χ1v) is 4.30. The standard InChI is InChI=1S/C10H14N2O2/c1-12(2)10(14)8-4-3-7(6-11)5-9(8)13/h3-5,13H,6,11H2,1-2H3. The Hall–Kier alpha value is -1.55. The molecule has 0 aliphatic carbocycles. The summed E-state index contributed by atoms with van der Waals surface area (Å²) >= 11 is 0. The summed E-state index contributed by atoms with van der Waals surface area (Å²) in [5.41, 5.74) is 6.50. The van der Waals surface area contributed by atoms with Crippen LogP contribution in [0.25, 0.3) is 0 Å². The van der Waals surface area contributed by atoms with Gasteiger partial charge in [0.2, 0.25) is 0 Å². The van der Waals surface area contributed by atoms with Crippen LogP contribution in [0.2, 0.25) is 0 Å². The highest BCUT2D eigenvalue weighted by Crippen LogP contribution is 2.19. The molecule has 0 unspecified atom stereocenters. The minimum atomic E-state index is -0.217. The number of hydrogen-bond acceptors (Lipinski definition) is 3. The number of hydrogen-bond donors (Lipinski definition) is 2. The number of phenolic OH excluding ortho intramolecular Hbond substituents is 1. The summed E-state index contributed by atoms with van der Waals surface area (Å²) in [5.74, 6) is -0.238. The Balaban J connectivity index is 3.06. The molecule has 4 heteroatoms. The van der Waals surface area contributed by atoms with Gasteiger partial charge in [-0.05, 0) is 17.7 Å². The number of aromatic hydroxyl groups is 1. The number of rotatable bonds is 2. The monoisotopic (exact) mass is 194 g/mol. The fourth-order valence-corrected chi connectivity index (χ4v) is 1.13. The number of benzene rings is 1. The van der Waals surface area contributed by atoms with Gasteiger partial charge in [-0.2, -0.15) is 0 Å². The molecule has 0 aliphatic heterocycles. The molecule has 0 saturated heterocycles. The first kappa shape index (κ1) is 10.5. The Morgan fingerprint density at radius 2 is 2.14 bits per heavy atom. The summed E-state index contributed by atoms with van der Waals surface area (Å²) in [5, 5.41) is 9.54. The molecule has 1 aromatic rings. The molecule has 0 radical (unpaired) electrons. The number of carbonyl (C=O) groups excluding carboxylic acids is 1. The van der Waals surface area contributed by atoms with Crippen molar-refractivity contribution in [2.75, 3.05) is 14.1 Å². The number of nitrogens with zero attached hydrogens (tertiary/aromatic N) is 1. The smallest absolute Gasteiger partial charge is 0.257 e. The highest BCUT2D eigenvalue weighted by molar-refractivity contribution is 5.96. The van der Waals surface area contributed by atoms with E-state index in [4.69, 9.17) is 5.73 Å². The van der Waals surface area contributed by atoms with E-state index in [9.17, 15) is 9.90 Å². The van der Waals surface area contributed by atoms with Crippen LogP contribution in [-0.2, 0) is 6.54 Å². The number of phenols is 1. The summed E-state index contributed by atoms with van der Waals surface area (Å²) in [6, 6.07) is 4.83. The van der Waals surface area contributed by atoms with Crippen molar-refractivity contribution >= 4 is 5.91 Å². The second kappa shape index (κ2) is 4.11. The lowest BCUT2D eigenvalue weighted by atomic mass is 10.1. The quantitative estimate of drug-likeness (QED) is 0.722. The molecule has 14 heavy (non-hydrogen) atoms. The molecule has 0 atom stereocenters. The Kier molecular flexibility index (Phi) is 3.09. The summed E-state index contributed by atoms with van der Waals surface area (Å²) < 4.78 is 0. The number of nitrogens with two attached hydrogens (primary N) is 1. The SMILES string of the molecule is CN(C)C(=O)c1ccc(CN)cc1O. The summed E-state index contributed by atoms with van der Waals surface area (Å²) in [7, 11) is 3.28. The van der Waals surface area contributed by atoms with Crippen LogP contribution in [0.3, 0.4) is 0 Å². The van der Waals surface area contributed by atoms with E-state index in [-0.39, 0.29) is 11.7 Å². The molecule has 4 nitrogen and oxygen atoms in total. The Morgan fingerprint density at radius 3 is 2.57 bits per heavy atom. The maximum Gasteiger partial charge on any atom is 0.257 e. The van der Waals surface area contributed by atoms with E-state index in [0.29, 0.717) is 12.1 Å². The van der Waals surface area contributed by atoms with Crippen LogP contribution >= 0.6 is 0 Å². The van der Waals surface area contributed by atoms with Crippen molar-refractivity contribution in [1.82, 2.24) is 4.90 Å². The van der Waals surface area contributed by atoms with Gasteiger partial charge in [-0.1, -0.05) is 6.07 Å². The topological polar surface area (TPSA) is 66.6 Å². The van der Waals surface area contributed by atoms with Gasteiger partial charge in [-0.25, -0.2) is 0 Å². The molecule has 0 bridgehead atoms. The fraction of sp³-hybridized carbons (Fsp3) is 0.300. The Bertz CT molecular complexity index is 348. The van der Waals surface area contributed by atoms with E-state index >= 15 is 0 Å².